The Hall–Kier alpha value is -2.05. The van der Waals surface area contributed by atoms with Gasteiger partial charge in [0.25, 0.3) is 5.56 Å². The number of nitrogens with one attached hydrogen (secondary N) is 2. The van der Waals surface area contributed by atoms with Crippen LogP contribution in [-0.2, 0) is 0 Å². The molecule has 0 amide bonds. The van der Waals surface area contributed by atoms with E-state index in [-0.39, 0.29) is 31.1 Å². The summed E-state index contributed by atoms with van der Waals surface area (Å²) < 4.78 is 0. The molecule has 0 saturated carbocycles. The Balaban J connectivity index is 2.33. The Labute approximate surface area is 129 Å². The number of anilines is 1. The number of fused-ring (bicyclic) bond motifs is 1. The standard InChI is InChI=1S/C12H19N5O6/c13-1-5-2-17(3-6(19)9(21)7(20)4-18)10-8(14-5)11(22)16-12(23)15-10/h6-7,9,18-21H,1-4,13H2,(H2,15,16,22,23)/t6-,7+,9-/m0/s1. The van der Waals surface area contributed by atoms with Crippen LogP contribution < -0.4 is 21.9 Å². The molecule has 1 aliphatic rings. The number of hydrogen-bond donors (Lipinski definition) is 7. The number of β-amino-alcohol motifs (C(OH)–C–C–N with tert-alkyl or cyclic N) is 1. The first-order valence-corrected chi connectivity index (χ1v) is 6.90. The fourth-order valence-corrected chi connectivity index (χ4v) is 2.26. The zero-order chi connectivity index (χ0) is 17.1. The molecule has 1 aromatic heterocycles. The van der Waals surface area contributed by atoms with Gasteiger partial charge in [-0.2, -0.15) is 0 Å². The molecular formula is C12H19N5O6. The zero-order valence-corrected chi connectivity index (χ0v) is 12.1. The molecule has 1 aromatic rings. The lowest BCUT2D eigenvalue weighted by molar-refractivity contribution is -0.0730. The van der Waals surface area contributed by atoms with Gasteiger partial charge < -0.3 is 31.1 Å². The van der Waals surface area contributed by atoms with E-state index in [1.165, 1.54) is 4.90 Å². The van der Waals surface area contributed by atoms with E-state index in [4.69, 9.17) is 10.8 Å². The van der Waals surface area contributed by atoms with E-state index in [1.807, 2.05) is 4.98 Å². The van der Waals surface area contributed by atoms with Gasteiger partial charge in [-0.3, -0.25) is 14.8 Å². The first kappa shape index (κ1) is 17.3. The Morgan fingerprint density at radius 1 is 1.22 bits per heavy atom. The molecule has 0 spiro atoms. The maximum Gasteiger partial charge on any atom is 0.327 e. The van der Waals surface area contributed by atoms with Gasteiger partial charge in [0, 0.05) is 13.1 Å². The van der Waals surface area contributed by atoms with Gasteiger partial charge in [-0.15, -0.1) is 0 Å². The number of H-pyrrole nitrogens is 2. The Kier molecular flexibility index (Phi) is 5.28. The van der Waals surface area contributed by atoms with Gasteiger partial charge in [-0.05, 0) is 0 Å². The van der Waals surface area contributed by atoms with Gasteiger partial charge in [0.05, 0.1) is 18.9 Å². The summed E-state index contributed by atoms with van der Waals surface area (Å²) in [5, 5.41) is 37.9. The Bertz CT molecular complexity index is 698. The molecule has 0 aliphatic carbocycles. The highest BCUT2D eigenvalue weighted by Gasteiger charge is 2.29. The predicted molar refractivity (Wildman–Crippen MR) is 81.2 cm³/mol. The van der Waals surface area contributed by atoms with Crippen molar-refractivity contribution in [2.75, 3.05) is 31.1 Å². The van der Waals surface area contributed by atoms with E-state index in [1.54, 1.807) is 0 Å². The topological polar surface area (TPSA) is 188 Å². The van der Waals surface area contributed by atoms with Crippen molar-refractivity contribution in [1.29, 1.82) is 0 Å². The van der Waals surface area contributed by atoms with Crippen molar-refractivity contribution in [3.05, 3.63) is 20.8 Å². The molecule has 0 fully saturated rings. The molecule has 0 unspecified atom stereocenters. The van der Waals surface area contributed by atoms with Crippen LogP contribution in [0.4, 0.5) is 11.5 Å². The SMILES string of the molecule is NCC1=Nc2c([nH]c(=O)[nH]c2=O)N(C[C@H](O)[C@H](O)[C@H](O)CO)C1. The summed E-state index contributed by atoms with van der Waals surface area (Å²) in [6.07, 6.45) is -4.56. The number of aromatic amines is 2. The van der Waals surface area contributed by atoms with Gasteiger partial charge >= 0.3 is 5.69 Å². The van der Waals surface area contributed by atoms with Crippen LogP contribution in [0.3, 0.4) is 0 Å². The Morgan fingerprint density at radius 3 is 2.52 bits per heavy atom. The molecular weight excluding hydrogens is 310 g/mol. The quantitative estimate of drug-likeness (QED) is 0.275. The van der Waals surface area contributed by atoms with Crippen LogP contribution >= 0.6 is 0 Å². The molecule has 2 rings (SSSR count). The number of nitrogens with two attached hydrogens (primary N) is 1. The minimum atomic E-state index is -1.60. The summed E-state index contributed by atoms with van der Waals surface area (Å²) in [7, 11) is 0. The summed E-state index contributed by atoms with van der Waals surface area (Å²) in [6.45, 7) is -0.751. The Morgan fingerprint density at radius 2 is 1.91 bits per heavy atom. The minimum absolute atomic E-state index is 0.0549. The average Bonchev–Trinajstić information content (AvgIpc) is 2.53. The van der Waals surface area contributed by atoms with Crippen LogP contribution in [0, 0.1) is 0 Å². The highest BCUT2D eigenvalue weighted by atomic mass is 16.4. The van der Waals surface area contributed by atoms with Crippen molar-refractivity contribution in [2.24, 2.45) is 10.7 Å². The third-order valence-electron chi connectivity index (χ3n) is 3.48. The number of rotatable bonds is 6. The first-order valence-electron chi connectivity index (χ1n) is 6.90. The lowest BCUT2D eigenvalue weighted by Gasteiger charge is -2.32. The van der Waals surface area contributed by atoms with Gasteiger partial charge in [0.2, 0.25) is 0 Å². The van der Waals surface area contributed by atoms with E-state index < -0.39 is 36.2 Å². The number of hydrogen-bond acceptors (Lipinski definition) is 9. The van der Waals surface area contributed by atoms with E-state index >= 15 is 0 Å². The molecule has 3 atom stereocenters. The second kappa shape index (κ2) is 7.02. The van der Waals surface area contributed by atoms with E-state index in [0.717, 1.165) is 0 Å². The van der Waals surface area contributed by atoms with Crippen molar-refractivity contribution in [2.45, 2.75) is 18.3 Å². The molecule has 0 saturated heterocycles. The summed E-state index contributed by atoms with van der Waals surface area (Å²) in [4.78, 5) is 33.2. The monoisotopic (exact) mass is 329 g/mol. The molecule has 0 bridgehead atoms. The number of aliphatic hydroxyl groups excluding tert-OH is 4. The van der Waals surface area contributed by atoms with Crippen molar-refractivity contribution in [1.82, 2.24) is 9.97 Å². The molecule has 11 nitrogen and oxygen atoms in total. The van der Waals surface area contributed by atoms with Crippen LogP contribution in [-0.4, -0.2) is 80.7 Å². The van der Waals surface area contributed by atoms with E-state index in [0.29, 0.717) is 5.71 Å². The van der Waals surface area contributed by atoms with Gasteiger partial charge in [0.1, 0.15) is 24.1 Å². The summed E-state index contributed by atoms with van der Waals surface area (Å²) in [6, 6.07) is 0. The summed E-state index contributed by atoms with van der Waals surface area (Å²) >= 11 is 0. The minimum Gasteiger partial charge on any atom is -0.394 e. The second-order valence-corrected chi connectivity index (χ2v) is 5.18. The van der Waals surface area contributed by atoms with Crippen molar-refractivity contribution in [3.63, 3.8) is 0 Å². The lowest BCUT2D eigenvalue weighted by atomic mass is 10.1. The number of aliphatic hydroxyl groups is 4. The third-order valence-corrected chi connectivity index (χ3v) is 3.48. The third kappa shape index (κ3) is 3.65. The molecule has 0 radical (unpaired) electrons. The van der Waals surface area contributed by atoms with Crippen molar-refractivity contribution >= 4 is 17.2 Å². The molecule has 128 valence electrons. The van der Waals surface area contributed by atoms with Crippen LogP contribution in [0.1, 0.15) is 0 Å². The lowest BCUT2D eigenvalue weighted by Crippen LogP contribution is -2.49. The predicted octanol–water partition coefficient (Wildman–Crippen LogP) is -4.01. The van der Waals surface area contributed by atoms with Gasteiger partial charge in [-0.1, -0.05) is 0 Å². The maximum atomic E-state index is 11.8. The maximum absolute atomic E-state index is 11.8. The normalized spacial score (nSPS) is 18.1. The fraction of sp³-hybridized carbons (Fsp3) is 0.583. The van der Waals surface area contributed by atoms with Crippen molar-refractivity contribution < 1.29 is 20.4 Å². The molecule has 2 heterocycles. The van der Waals surface area contributed by atoms with Crippen molar-refractivity contribution in [3.8, 4) is 0 Å². The molecule has 8 N–H and O–H groups in total. The molecule has 0 aromatic carbocycles. The fourth-order valence-electron chi connectivity index (χ4n) is 2.26. The smallest absolute Gasteiger partial charge is 0.327 e. The zero-order valence-electron chi connectivity index (χ0n) is 12.1. The van der Waals surface area contributed by atoms with Crippen LogP contribution in [0.15, 0.2) is 14.6 Å². The van der Waals surface area contributed by atoms with Gasteiger partial charge in [0.15, 0.2) is 5.69 Å². The van der Waals surface area contributed by atoms with E-state index in [9.17, 15) is 24.9 Å². The molecule has 1 aliphatic heterocycles. The highest BCUT2D eigenvalue weighted by Crippen LogP contribution is 2.25. The van der Waals surface area contributed by atoms with E-state index in [2.05, 4.69) is 9.98 Å². The summed E-state index contributed by atoms with van der Waals surface area (Å²) in [5.74, 6) is 0.0840. The summed E-state index contributed by atoms with van der Waals surface area (Å²) in [5.41, 5.74) is 4.48. The average molecular weight is 329 g/mol. The van der Waals surface area contributed by atoms with Crippen LogP contribution in [0.5, 0.6) is 0 Å². The van der Waals surface area contributed by atoms with Gasteiger partial charge in [-0.25, -0.2) is 9.79 Å². The first-order chi connectivity index (χ1) is 10.9. The number of aromatic nitrogens is 2. The highest BCUT2D eigenvalue weighted by molar-refractivity contribution is 5.96. The van der Waals surface area contributed by atoms with Crippen LogP contribution in [0.2, 0.25) is 0 Å². The largest absolute Gasteiger partial charge is 0.394 e. The number of nitrogens with zero attached hydrogens (tertiary/aromatic N) is 2. The van der Waals surface area contributed by atoms with Crippen LogP contribution in [0.25, 0.3) is 0 Å². The number of aliphatic imine (C=N–C) groups is 1. The second-order valence-electron chi connectivity index (χ2n) is 5.18. The molecule has 23 heavy (non-hydrogen) atoms. The molecule has 11 heteroatoms.